The first kappa shape index (κ1) is 14.3. The van der Waals surface area contributed by atoms with E-state index in [1.165, 1.54) is 6.07 Å². The molecule has 2 rings (SSSR count). The Morgan fingerprint density at radius 1 is 1.21 bits per heavy atom. The molecule has 0 bridgehead atoms. The summed E-state index contributed by atoms with van der Waals surface area (Å²) in [5.74, 6) is -0.316. The lowest BCUT2D eigenvalue weighted by Crippen LogP contribution is -2.12. The predicted octanol–water partition coefficient (Wildman–Crippen LogP) is 4.39. The molecule has 1 atom stereocenters. The van der Waals surface area contributed by atoms with E-state index in [0.29, 0.717) is 16.0 Å². The monoisotopic (exact) mass is 343 g/mol. The molecule has 0 saturated heterocycles. The number of hydrogen-bond donors (Lipinski definition) is 2. The van der Waals surface area contributed by atoms with Crippen LogP contribution in [0.5, 0.6) is 0 Å². The summed E-state index contributed by atoms with van der Waals surface area (Å²) >= 11 is 8.90. The van der Waals surface area contributed by atoms with Gasteiger partial charge >= 0.3 is 0 Å². The van der Waals surface area contributed by atoms with Crippen LogP contribution >= 0.6 is 27.5 Å². The molecule has 0 amide bonds. The van der Waals surface area contributed by atoms with Crippen molar-refractivity contribution in [2.24, 2.45) is 0 Å². The van der Waals surface area contributed by atoms with Crippen molar-refractivity contribution in [1.29, 1.82) is 0 Å². The van der Waals surface area contributed by atoms with Gasteiger partial charge in [0.15, 0.2) is 0 Å². The van der Waals surface area contributed by atoms with Gasteiger partial charge in [-0.2, -0.15) is 0 Å². The van der Waals surface area contributed by atoms with Crippen molar-refractivity contribution < 1.29 is 9.50 Å². The molecule has 0 heterocycles. The van der Waals surface area contributed by atoms with Crippen molar-refractivity contribution in [3.8, 4) is 0 Å². The highest BCUT2D eigenvalue weighted by Gasteiger charge is 2.07. The zero-order chi connectivity index (χ0) is 13.8. The average Bonchev–Trinajstić information content (AvgIpc) is 2.40. The molecule has 0 aliphatic carbocycles. The molecule has 0 radical (unpaired) electrons. The van der Waals surface area contributed by atoms with E-state index in [1.54, 1.807) is 36.4 Å². The fourth-order valence-electron chi connectivity index (χ4n) is 1.62. The van der Waals surface area contributed by atoms with Gasteiger partial charge in [-0.3, -0.25) is 0 Å². The summed E-state index contributed by atoms with van der Waals surface area (Å²) in [7, 11) is 0. The first-order valence-corrected chi connectivity index (χ1v) is 6.86. The van der Waals surface area contributed by atoms with Gasteiger partial charge in [0.05, 0.1) is 10.6 Å². The van der Waals surface area contributed by atoms with E-state index in [1.807, 2.05) is 0 Å². The van der Waals surface area contributed by atoms with Gasteiger partial charge in [-0.25, -0.2) is 4.39 Å². The molecule has 5 heteroatoms. The van der Waals surface area contributed by atoms with Gasteiger partial charge in [-0.15, -0.1) is 0 Å². The Balaban J connectivity index is 1.98. The lowest BCUT2D eigenvalue weighted by atomic mass is 10.1. The van der Waals surface area contributed by atoms with Crippen molar-refractivity contribution in [2.75, 3.05) is 11.9 Å². The summed E-state index contributed by atoms with van der Waals surface area (Å²) in [6.07, 6.45) is -0.652. The van der Waals surface area contributed by atoms with Gasteiger partial charge < -0.3 is 10.4 Å². The summed E-state index contributed by atoms with van der Waals surface area (Å²) < 4.78 is 13.5. The molecular formula is C14H12BrClFNO. The van der Waals surface area contributed by atoms with Gasteiger partial charge in [0, 0.05) is 17.3 Å². The number of rotatable bonds is 4. The van der Waals surface area contributed by atoms with Gasteiger partial charge in [-0.1, -0.05) is 23.7 Å². The van der Waals surface area contributed by atoms with Crippen LogP contribution in [0.25, 0.3) is 0 Å². The van der Waals surface area contributed by atoms with Crippen LogP contribution < -0.4 is 5.32 Å². The number of halogens is 3. The van der Waals surface area contributed by atoms with Crippen LogP contribution in [0.4, 0.5) is 10.1 Å². The Morgan fingerprint density at radius 2 is 1.89 bits per heavy atom. The van der Waals surface area contributed by atoms with E-state index in [2.05, 4.69) is 21.2 Å². The molecule has 2 N–H and O–H groups in total. The minimum atomic E-state index is -0.652. The Bertz CT molecular complexity index is 562. The topological polar surface area (TPSA) is 32.3 Å². The van der Waals surface area contributed by atoms with Crippen LogP contribution in [0.1, 0.15) is 11.7 Å². The molecule has 2 nitrogen and oxygen atoms in total. The molecule has 0 fully saturated rings. The number of anilines is 1. The fourth-order valence-corrected chi connectivity index (χ4v) is 2.13. The minimum absolute atomic E-state index is 0.316. The van der Waals surface area contributed by atoms with Crippen LogP contribution in [0, 0.1) is 5.82 Å². The lowest BCUT2D eigenvalue weighted by molar-refractivity contribution is 0.191. The van der Waals surface area contributed by atoms with E-state index in [9.17, 15) is 9.50 Å². The van der Waals surface area contributed by atoms with Crippen LogP contribution in [0.15, 0.2) is 46.9 Å². The molecule has 2 aromatic carbocycles. The number of aliphatic hydroxyl groups is 1. The number of benzene rings is 2. The summed E-state index contributed by atoms with van der Waals surface area (Å²) in [5, 5.41) is 13.7. The van der Waals surface area contributed by atoms with Gasteiger partial charge in [-0.05, 0) is 51.8 Å². The largest absolute Gasteiger partial charge is 0.387 e. The van der Waals surface area contributed by atoms with Crippen molar-refractivity contribution in [2.45, 2.75) is 6.10 Å². The third kappa shape index (κ3) is 3.93. The Hall–Kier alpha value is -1.10. The second kappa shape index (κ2) is 6.37. The van der Waals surface area contributed by atoms with Gasteiger partial charge in [0.25, 0.3) is 0 Å². The fraction of sp³-hybridized carbons (Fsp3) is 0.143. The smallest absolute Gasteiger partial charge is 0.137 e. The zero-order valence-electron chi connectivity index (χ0n) is 9.91. The summed E-state index contributed by atoms with van der Waals surface area (Å²) in [5.41, 5.74) is 1.51. The highest BCUT2D eigenvalue weighted by atomic mass is 79.9. The van der Waals surface area contributed by atoms with E-state index in [0.717, 1.165) is 11.3 Å². The molecule has 19 heavy (non-hydrogen) atoms. The maximum absolute atomic E-state index is 13.1. The van der Waals surface area contributed by atoms with Gasteiger partial charge in [0.1, 0.15) is 5.82 Å². The first-order valence-electron chi connectivity index (χ1n) is 5.69. The molecule has 0 saturated carbocycles. The Labute approximate surface area is 124 Å². The van der Waals surface area contributed by atoms with Crippen LogP contribution in [-0.2, 0) is 0 Å². The minimum Gasteiger partial charge on any atom is -0.387 e. The third-order valence-corrected chi connectivity index (χ3v) is 3.53. The maximum Gasteiger partial charge on any atom is 0.137 e. The van der Waals surface area contributed by atoms with E-state index in [-0.39, 0.29) is 5.82 Å². The quantitative estimate of drug-likeness (QED) is 0.862. The molecule has 0 aliphatic heterocycles. The third-order valence-electron chi connectivity index (χ3n) is 2.67. The predicted molar refractivity (Wildman–Crippen MR) is 79.0 cm³/mol. The lowest BCUT2D eigenvalue weighted by Gasteiger charge is -2.13. The number of hydrogen-bond acceptors (Lipinski definition) is 2. The van der Waals surface area contributed by atoms with E-state index in [4.69, 9.17) is 11.6 Å². The number of nitrogens with one attached hydrogen (secondary N) is 1. The average molecular weight is 345 g/mol. The van der Waals surface area contributed by atoms with Crippen LogP contribution in [-0.4, -0.2) is 11.7 Å². The summed E-state index contributed by atoms with van der Waals surface area (Å²) in [6, 6.07) is 11.6. The molecule has 0 spiro atoms. The SMILES string of the molecule is OC(CNc1ccc(F)c(Br)c1)c1ccc(Cl)cc1. The standard InChI is InChI=1S/C14H12BrClFNO/c15-12-7-11(5-6-13(12)17)18-8-14(19)9-1-3-10(16)4-2-9/h1-7,14,18-19H,8H2. The highest BCUT2D eigenvalue weighted by molar-refractivity contribution is 9.10. The van der Waals surface area contributed by atoms with Crippen LogP contribution in [0.2, 0.25) is 5.02 Å². The molecular weight excluding hydrogens is 333 g/mol. The van der Waals surface area contributed by atoms with Crippen molar-refractivity contribution >= 4 is 33.2 Å². The van der Waals surface area contributed by atoms with Crippen LogP contribution in [0.3, 0.4) is 0 Å². The molecule has 1 unspecified atom stereocenters. The summed E-state index contributed by atoms with van der Waals surface area (Å²) in [4.78, 5) is 0. The van der Waals surface area contributed by atoms with E-state index < -0.39 is 6.10 Å². The Morgan fingerprint density at radius 3 is 2.53 bits per heavy atom. The number of aliphatic hydroxyl groups excluding tert-OH is 1. The first-order chi connectivity index (χ1) is 9.06. The van der Waals surface area contributed by atoms with Crippen molar-refractivity contribution in [3.63, 3.8) is 0 Å². The second-order valence-corrected chi connectivity index (χ2v) is 5.37. The Kier molecular flexibility index (Phi) is 4.80. The van der Waals surface area contributed by atoms with Crippen molar-refractivity contribution in [3.05, 3.63) is 63.3 Å². The molecule has 0 aliphatic rings. The molecule has 100 valence electrons. The highest BCUT2D eigenvalue weighted by Crippen LogP contribution is 2.21. The summed E-state index contributed by atoms with van der Waals surface area (Å²) in [6.45, 7) is 0.333. The van der Waals surface area contributed by atoms with Gasteiger partial charge in [0.2, 0.25) is 0 Å². The zero-order valence-corrected chi connectivity index (χ0v) is 12.2. The molecule has 2 aromatic rings. The van der Waals surface area contributed by atoms with E-state index >= 15 is 0 Å². The van der Waals surface area contributed by atoms with Crippen molar-refractivity contribution in [1.82, 2.24) is 0 Å². The second-order valence-electron chi connectivity index (χ2n) is 4.08. The maximum atomic E-state index is 13.1. The normalized spacial score (nSPS) is 12.2. The molecule has 0 aromatic heterocycles.